The highest BCUT2D eigenvalue weighted by atomic mass is 16.4. The Bertz CT molecular complexity index is 222. The van der Waals surface area contributed by atoms with Gasteiger partial charge in [0.1, 0.15) is 6.04 Å². The van der Waals surface area contributed by atoms with Crippen LogP contribution in [0.4, 0.5) is 0 Å². The first-order valence-electron chi connectivity index (χ1n) is 6.09. The summed E-state index contributed by atoms with van der Waals surface area (Å²) in [5, 5.41) is 11.4. The molecule has 0 spiro atoms. The lowest BCUT2D eigenvalue weighted by molar-refractivity contribution is -0.142. The van der Waals surface area contributed by atoms with Crippen molar-refractivity contribution in [2.75, 3.05) is 0 Å². The molecule has 0 rings (SSSR count). The molecule has 4 heteroatoms. The molecule has 0 aliphatic carbocycles. The van der Waals surface area contributed by atoms with E-state index in [1.54, 1.807) is 6.92 Å². The third-order valence-corrected chi connectivity index (χ3v) is 2.67. The molecular weight excluding hydrogens is 206 g/mol. The Morgan fingerprint density at radius 3 is 1.94 bits per heavy atom. The van der Waals surface area contributed by atoms with Gasteiger partial charge < -0.3 is 10.4 Å². The maximum Gasteiger partial charge on any atom is 0.326 e. The minimum atomic E-state index is -0.956. The van der Waals surface area contributed by atoms with Crippen molar-refractivity contribution in [1.82, 2.24) is 5.32 Å². The van der Waals surface area contributed by atoms with Gasteiger partial charge in [-0.25, -0.2) is 4.79 Å². The van der Waals surface area contributed by atoms with Gasteiger partial charge in [0.2, 0.25) is 5.91 Å². The summed E-state index contributed by atoms with van der Waals surface area (Å²) in [6, 6.07) is -0.747. The highest BCUT2D eigenvalue weighted by molar-refractivity contribution is 5.84. The number of rotatable bonds is 8. The first-order valence-corrected chi connectivity index (χ1v) is 6.09. The average Bonchev–Trinajstić information content (AvgIpc) is 2.24. The predicted octanol–water partition coefficient (Wildman–Crippen LogP) is 2.18. The third kappa shape index (κ3) is 5.14. The quantitative estimate of drug-likeness (QED) is 0.670. The molecule has 0 aromatic rings. The van der Waals surface area contributed by atoms with Crippen molar-refractivity contribution >= 4 is 11.9 Å². The molecule has 1 atom stereocenters. The van der Waals surface area contributed by atoms with Crippen LogP contribution in [0.15, 0.2) is 0 Å². The Kier molecular flexibility index (Phi) is 7.60. The van der Waals surface area contributed by atoms with Crippen LogP contribution in [0.2, 0.25) is 0 Å². The largest absolute Gasteiger partial charge is 0.480 e. The Balaban J connectivity index is 4.32. The molecule has 0 aliphatic rings. The van der Waals surface area contributed by atoms with Crippen LogP contribution in [0.5, 0.6) is 0 Å². The van der Waals surface area contributed by atoms with Crippen LogP contribution in [-0.4, -0.2) is 23.0 Å². The fourth-order valence-corrected chi connectivity index (χ4v) is 1.73. The molecule has 0 saturated carbocycles. The summed E-state index contributed by atoms with van der Waals surface area (Å²) < 4.78 is 0. The second-order valence-corrected chi connectivity index (χ2v) is 4.08. The van der Waals surface area contributed by atoms with E-state index in [-0.39, 0.29) is 11.8 Å². The monoisotopic (exact) mass is 229 g/mol. The summed E-state index contributed by atoms with van der Waals surface area (Å²) in [6.45, 7) is 5.82. The summed E-state index contributed by atoms with van der Waals surface area (Å²) in [5.74, 6) is -1.11. The van der Waals surface area contributed by atoms with Crippen LogP contribution in [0.25, 0.3) is 0 Å². The smallest absolute Gasteiger partial charge is 0.326 e. The molecule has 0 radical (unpaired) electrons. The topological polar surface area (TPSA) is 66.4 Å². The molecule has 0 unspecified atom stereocenters. The number of carbonyl (C=O) groups is 2. The predicted molar refractivity (Wildman–Crippen MR) is 63.2 cm³/mol. The SMILES string of the molecule is CCCC(CCC)C(=O)N[C@@H](CC)C(=O)O. The van der Waals surface area contributed by atoms with Gasteiger partial charge in [0.05, 0.1) is 0 Å². The zero-order valence-corrected chi connectivity index (χ0v) is 10.5. The summed E-state index contributed by atoms with van der Waals surface area (Å²) in [5.41, 5.74) is 0. The van der Waals surface area contributed by atoms with Gasteiger partial charge in [0.15, 0.2) is 0 Å². The summed E-state index contributed by atoms with van der Waals surface area (Å²) in [7, 11) is 0. The van der Waals surface area contributed by atoms with E-state index in [9.17, 15) is 9.59 Å². The van der Waals surface area contributed by atoms with Gasteiger partial charge in [-0.1, -0.05) is 33.6 Å². The van der Waals surface area contributed by atoms with E-state index in [1.807, 2.05) is 13.8 Å². The number of hydrogen-bond acceptors (Lipinski definition) is 2. The van der Waals surface area contributed by atoms with Crippen molar-refractivity contribution in [1.29, 1.82) is 0 Å². The molecule has 0 aromatic heterocycles. The van der Waals surface area contributed by atoms with E-state index in [1.165, 1.54) is 0 Å². The fraction of sp³-hybridized carbons (Fsp3) is 0.833. The van der Waals surface area contributed by atoms with E-state index < -0.39 is 12.0 Å². The number of aliphatic carboxylic acids is 1. The van der Waals surface area contributed by atoms with E-state index in [2.05, 4.69) is 5.32 Å². The average molecular weight is 229 g/mol. The number of amides is 1. The van der Waals surface area contributed by atoms with E-state index >= 15 is 0 Å². The van der Waals surface area contributed by atoms with E-state index in [4.69, 9.17) is 5.11 Å². The van der Waals surface area contributed by atoms with Crippen molar-refractivity contribution < 1.29 is 14.7 Å². The van der Waals surface area contributed by atoms with Crippen LogP contribution in [0.1, 0.15) is 52.9 Å². The minimum absolute atomic E-state index is 0.0385. The maximum atomic E-state index is 11.8. The molecule has 1 amide bonds. The van der Waals surface area contributed by atoms with Crippen LogP contribution in [0.3, 0.4) is 0 Å². The Morgan fingerprint density at radius 1 is 1.12 bits per heavy atom. The third-order valence-electron chi connectivity index (χ3n) is 2.67. The van der Waals surface area contributed by atoms with Gasteiger partial charge in [0.25, 0.3) is 0 Å². The fourth-order valence-electron chi connectivity index (χ4n) is 1.73. The second-order valence-electron chi connectivity index (χ2n) is 4.08. The van der Waals surface area contributed by atoms with Gasteiger partial charge >= 0.3 is 5.97 Å². The summed E-state index contributed by atoms with van der Waals surface area (Å²) >= 11 is 0. The van der Waals surface area contributed by atoms with Crippen LogP contribution in [0, 0.1) is 5.92 Å². The van der Waals surface area contributed by atoms with Gasteiger partial charge in [-0.3, -0.25) is 4.79 Å². The summed E-state index contributed by atoms with van der Waals surface area (Å²) in [6.07, 6.45) is 3.97. The molecule has 16 heavy (non-hydrogen) atoms. The van der Waals surface area contributed by atoms with Crippen molar-refractivity contribution in [3.63, 3.8) is 0 Å². The molecule has 2 N–H and O–H groups in total. The molecule has 0 saturated heterocycles. The lowest BCUT2D eigenvalue weighted by Gasteiger charge is -2.18. The van der Waals surface area contributed by atoms with Crippen LogP contribution < -0.4 is 5.32 Å². The molecule has 0 heterocycles. The van der Waals surface area contributed by atoms with Gasteiger partial charge in [-0.2, -0.15) is 0 Å². The standard InChI is InChI=1S/C12H23NO3/c1-4-7-9(8-5-2)11(14)13-10(6-3)12(15)16/h9-10H,4-8H2,1-3H3,(H,13,14)(H,15,16)/t10-/m0/s1. The van der Waals surface area contributed by atoms with Gasteiger partial charge in [-0.05, 0) is 19.3 Å². The van der Waals surface area contributed by atoms with Crippen molar-refractivity contribution in [2.45, 2.75) is 58.9 Å². The molecule has 0 bridgehead atoms. The number of carboxylic acids is 1. The molecule has 0 aliphatic heterocycles. The first kappa shape index (κ1) is 14.9. The normalized spacial score (nSPS) is 12.5. The van der Waals surface area contributed by atoms with Gasteiger partial charge in [0, 0.05) is 5.92 Å². The van der Waals surface area contributed by atoms with Crippen LogP contribution in [-0.2, 0) is 9.59 Å². The Labute approximate surface area is 97.4 Å². The number of carbonyl (C=O) groups excluding carboxylic acids is 1. The molecule has 4 nitrogen and oxygen atoms in total. The first-order chi connectivity index (χ1) is 7.56. The highest BCUT2D eigenvalue weighted by Gasteiger charge is 2.22. The van der Waals surface area contributed by atoms with Crippen molar-refractivity contribution in [2.24, 2.45) is 5.92 Å². The number of carboxylic acid groups (broad SMARTS) is 1. The zero-order chi connectivity index (χ0) is 12.6. The van der Waals surface area contributed by atoms with E-state index in [0.29, 0.717) is 6.42 Å². The Morgan fingerprint density at radius 2 is 1.62 bits per heavy atom. The lowest BCUT2D eigenvalue weighted by Crippen LogP contribution is -2.43. The zero-order valence-electron chi connectivity index (χ0n) is 10.5. The molecule has 0 fully saturated rings. The Hall–Kier alpha value is -1.06. The van der Waals surface area contributed by atoms with Crippen molar-refractivity contribution in [3.05, 3.63) is 0 Å². The second kappa shape index (κ2) is 8.13. The van der Waals surface area contributed by atoms with Gasteiger partial charge in [-0.15, -0.1) is 0 Å². The lowest BCUT2D eigenvalue weighted by atomic mass is 9.97. The molecule has 94 valence electrons. The van der Waals surface area contributed by atoms with Crippen molar-refractivity contribution in [3.8, 4) is 0 Å². The van der Waals surface area contributed by atoms with Crippen LogP contribution >= 0.6 is 0 Å². The number of nitrogens with one attached hydrogen (secondary N) is 1. The maximum absolute atomic E-state index is 11.8. The minimum Gasteiger partial charge on any atom is -0.480 e. The molecule has 0 aromatic carbocycles. The number of hydrogen-bond donors (Lipinski definition) is 2. The van der Waals surface area contributed by atoms with E-state index in [0.717, 1.165) is 25.7 Å². The highest BCUT2D eigenvalue weighted by Crippen LogP contribution is 2.14. The molecular formula is C12H23NO3. The summed E-state index contributed by atoms with van der Waals surface area (Å²) in [4.78, 5) is 22.6.